The van der Waals surface area contributed by atoms with Crippen molar-refractivity contribution in [2.45, 2.75) is 10.6 Å². The highest BCUT2D eigenvalue weighted by molar-refractivity contribution is 7.90. The van der Waals surface area contributed by atoms with Crippen LogP contribution in [0.3, 0.4) is 0 Å². The fourth-order valence-corrected chi connectivity index (χ4v) is 3.17. The Kier molecular flexibility index (Phi) is 4.02. The van der Waals surface area contributed by atoms with E-state index in [-0.39, 0.29) is 5.75 Å². The van der Waals surface area contributed by atoms with Gasteiger partial charge in [0.25, 0.3) is 0 Å². The van der Waals surface area contributed by atoms with E-state index in [2.05, 4.69) is 6.58 Å². The SMILES string of the molecule is C=C(C#N)c1ccc(CS(=O)(=O)c2ccccc2)cc1. The highest BCUT2D eigenvalue weighted by Gasteiger charge is 2.14. The van der Waals surface area contributed by atoms with Gasteiger partial charge in [-0.1, -0.05) is 49.0 Å². The molecule has 0 fully saturated rings. The number of benzene rings is 2. The molecule has 0 spiro atoms. The second kappa shape index (κ2) is 5.72. The summed E-state index contributed by atoms with van der Waals surface area (Å²) in [6, 6.07) is 17.1. The summed E-state index contributed by atoms with van der Waals surface area (Å²) < 4.78 is 24.4. The number of hydrogen-bond acceptors (Lipinski definition) is 3. The standard InChI is InChI=1S/C16H13NO2S/c1-13(11-17)15-9-7-14(8-10-15)12-20(18,19)16-5-3-2-4-6-16/h2-10H,1,12H2. The van der Waals surface area contributed by atoms with Crippen LogP contribution in [0.5, 0.6) is 0 Å². The predicted octanol–water partition coefficient (Wildman–Crippen LogP) is 3.20. The first kappa shape index (κ1) is 14.0. The van der Waals surface area contributed by atoms with Crippen molar-refractivity contribution in [2.75, 3.05) is 0 Å². The molecular formula is C16H13NO2S. The fraction of sp³-hybridized carbons (Fsp3) is 0.0625. The van der Waals surface area contributed by atoms with Crippen LogP contribution in [-0.4, -0.2) is 8.42 Å². The Morgan fingerprint density at radius 1 is 1.05 bits per heavy atom. The zero-order valence-corrected chi connectivity index (χ0v) is 11.6. The largest absolute Gasteiger partial charge is 0.223 e. The molecule has 20 heavy (non-hydrogen) atoms. The summed E-state index contributed by atoms with van der Waals surface area (Å²) in [7, 11) is -3.34. The van der Waals surface area contributed by atoms with Crippen molar-refractivity contribution in [3.63, 3.8) is 0 Å². The van der Waals surface area contributed by atoms with Crippen LogP contribution in [0.25, 0.3) is 5.57 Å². The molecule has 0 aliphatic rings. The minimum atomic E-state index is -3.34. The summed E-state index contributed by atoms with van der Waals surface area (Å²) in [6.07, 6.45) is 0. The maximum absolute atomic E-state index is 12.2. The molecule has 0 atom stereocenters. The summed E-state index contributed by atoms with van der Waals surface area (Å²) in [6.45, 7) is 3.62. The Balaban J connectivity index is 2.23. The first-order valence-electron chi connectivity index (χ1n) is 5.99. The quantitative estimate of drug-likeness (QED) is 0.810. The molecule has 0 bridgehead atoms. The van der Waals surface area contributed by atoms with Gasteiger partial charge >= 0.3 is 0 Å². The monoisotopic (exact) mass is 283 g/mol. The third kappa shape index (κ3) is 3.14. The Labute approximate surface area is 118 Å². The van der Waals surface area contributed by atoms with E-state index >= 15 is 0 Å². The lowest BCUT2D eigenvalue weighted by Gasteiger charge is -2.05. The molecule has 100 valence electrons. The summed E-state index contributed by atoms with van der Waals surface area (Å²) in [5.74, 6) is -0.0592. The van der Waals surface area contributed by atoms with Crippen molar-refractivity contribution in [1.82, 2.24) is 0 Å². The van der Waals surface area contributed by atoms with Crippen molar-refractivity contribution in [3.8, 4) is 6.07 Å². The van der Waals surface area contributed by atoms with Gasteiger partial charge in [-0.05, 0) is 23.3 Å². The van der Waals surface area contributed by atoms with Gasteiger partial charge in [0.05, 0.1) is 22.3 Å². The zero-order chi connectivity index (χ0) is 14.6. The summed E-state index contributed by atoms with van der Waals surface area (Å²) in [5.41, 5.74) is 1.75. The molecular weight excluding hydrogens is 270 g/mol. The van der Waals surface area contributed by atoms with E-state index in [1.807, 2.05) is 6.07 Å². The Hall–Kier alpha value is -2.38. The number of nitriles is 1. The molecule has 0 radical (unpaired) electrons. The number of sulfone groups is 1. The van der Waals surface area contributed by atoms with Crippen molar-refractivity contribution in [2.24, 2.45) is 0 Å². The van der Waals surface area contributed by atoms with Gasteiger partial charge in [-0.25, -0.2) is 8.42 Å². The number of nitrogens with zero attached hydrogens (tertiary/aromatic N) is 1. The van der Waals surface area contributed by atoms with Crippen LogP contribution in [0.15, 0.2) is 66.1 Å². The Morgan fingerprint density at radius 3 is 2.20 bits per heavy atom. The van der Waals surface area contributed by atoms with Crippen LogP contribution in [0.1, 0.15) is 11.1 Å². The molecule has 0 saturated heterocycles. The van der Waals surface area contributed by atoms with Gasteiger partial charge in [0.1, 0.15) is 0 Å². The maximum Gasteiger partial charge on any atom is 0.182 e. The highest BCUT2D eigenvalue weighted by atomic mass is 32.2. The second-order valence-electron chi connectivity index (χ2n) is 4.36. The molecule has 0 aliphatic carbocycles. The maximum atomic E-state index is 12.2. The molecule has 0 heterocycles. The molecule has 0 saturated carbocycles. The summed E-state index contributed by atoms with van der Waals surface area (Å²) >= 11 is 0. The summed E-state index contributed by atoms with van der Waals surface area (Å²) in [5, 5.41) is 8.75. The molecule has 2 aromatic rings. The molecule has 4 heteroatoms. The molecule has 0 aromatic heterocycles. The van der Waals surface area contributed by atoms with Gasteiger partial charge in [0, 0.05) is 0 Å². The van der Waals surface area contributed by atoms with Crippen molar-refractivity contribution in [1.29, 1.82) is 5.26 Å². The smallest absolute Gasteiger partial charge is 0.182 e. The van der Waals surface area contributed by atoms with E-state index < -0.39 is 9.84 Å². The molecule has 0 aliphatic heterocycles. The average Bonchev–Trinajstić information content (AvgIpc) is 2.48. The van der Waals surface area contributed by atoms with E-state index in [9.17, 15) is 8.42 Å². The predicted molar refractivity (Wildman–Crippen MR) is 78.4 cm³/mol. The number of hydrogen-bond donors (Lipinski definition) is 0. The Bertz CT molecular complexity index is 754. The lowest BCUT2D eigenvalue weighted by atomic mass is 10.1. The van der Waals surface area contributed by atoms with Crippen LogP contribution in [0.4, 0.5) is 0 Å². The van der Waals surface area contributed by atoms with Crippen LogP contribution < -0.4 is 0 Å². The molecule has 3 nitrogen and oxygen atoms in total. The minimum Gasteiger partial charge on any atom is -0.223 e. The third-order valence-electron chi connectivity index (χ3n) is 2.90. The fourth-order valence-electron chi connectivity index (χ4n) is 1.80. The van der Waals surface area contributed by atoms with Gasteiger partial charge in [-0.2, -0.15) is 5.26 Å². The molecule has 2 aromatic carbocycles. The molecule has 0 N–H and O–H groups in total. The first-order chi connectivity index (χ1) is 9.53. The lowest BCUT2D eigenvalue weighted by Crippen LogP contribution is -2.04. The summed E-state index contributed by atoms with van der Waals surface area (Å²) in [4.78, 5) is 0.311. The molecule has 2 rings (SSSR count). The van der Waals surface area contributed by atoms with E-state index in [0.717, 1.165) is 0 Å². The van der Waals surface area contributed by atoms with E-state index in [1.54, 1.807) is 54.6 Å². The highest BCUT2D eigenvalue weighted by Crippen LogP contribution is 2.18. The van der Waals surface area contributed by atoms with E-state index in [4.69, 9.17) is 5.26 Å². The topological polar surface area (TPSA) is 57.9 Å². The number of rotatable bonds is 4. The van der Waals surface area contributed by atoms with Gasteiger partial charge < -0.3 is 0 Å². The normalized spacial score (nSPS) is 10.8. The second-order valence-corrected chi connectivity index (χ2v) is 6.35. The molecule has 0 unspecified atom stereocenters. The van der Waals surface area contributed by atoms with Crippen molar-refractivity contribution < 1.29 is 8.42 Å². The minimum absolute atomic E-state index is 0.0592. The van der Waals surface area contributed by atoms with Gasteiger partial charge in [-0.15, -0.1) is 0 Å². The first-order valence-corrected chi connectivity index (χ1v) is 7.64. The Morgan fingerprint density at radius 2 is 1.65 bits per heavy atom. The third-order valence-corrected chi connectivity index (χ3v) is 4.60. The zero-order valence-electron chi connectivity index (χ0n) is 10.8. The van der Waals surface area contributed by atoms with Crippen LogP contribution in [-0.2, 0) is 15.6 Å². The van der Waals surface area contributed by atoms with Gasteiger partial charge in [-0.3, -0.25) is 0 Å². The van der Waals surface area contributed by atoms with Gasteiger partial charge in [0.2, 0.25) is 0 Å². The van der Waals surface area contributed by atoms with Crippen LogP contribution in [0.2, 0.25) is 0 Å². The van der Waals surface area contributed by atoms with Crippen LogP contribution >= 0.6 is 0 Å². The van der Waals surface area contributed by atoms with Gasteiger partial charge in [0.15, 0.2) is 9.84 Å². The van der Waals surface area contributed by atoms with Crippen LogP contribution in [0, 0.1) is 11.3 Å². The number of allylic oxidation sites excluding steroid dienone is 1. The van der Waals surface area contributed by atoms with E-state index in [1.165, 1.54) is 0 Å². The van der Waals surface area contributed by atoms with E-state index in [0.29, 0.717) is 21.6 Å². The molecule has 0 amide bonds. The van der Waals surface area contributed by atoms with Crippen molar-refractivity contribution in [3.05, 3.63) is 72.3 Å². The average molecular weight is 283 g/mol. The lowest BCUT2D eigenvalue weighted by molar-refractivity contribution is 0.595. The van der Waals surface area contributed by atoms with Crippen molar-refractivity contribution >= 4 is 15.4 Å².